The van der Waals surface area contributed by atoms with Crippen LogP contribution in [0.5, 0.6) is 0 Å². The maximum absolute atomic E-state index is 2.47. The summed E-state index contributed by atoms with van der Waals surface area (Å²) in [6.45, 7) is 9.40. The average molecular weight is 735 g/mol. The first-order valence-corrected chi connectivity index (χ1v) is 20.3. The van der Waals surface area contributed by atoms with Crippen LogP contribution in [0.25, 0.3) is 60.9 Å². The van der Waals surface area contributed by atoms with Crippen LogP contribution >= 0.6 is 0 Å². The van der Waals surface area contributed by atoms with E-state index >= 15 is 0 Å². The molecule has 0 bridgehead atoms. The van der Waals surface area contributed by atoms with Crippen molar-refractivity contribution in [3.05, 3.63) is 205 Å². The molecule has 1 unspecified atom stereocenters. The fraction of sp³-hybridized carbons (Fsp3) is 0.127. The van der Waals surface area contributed by atoms with Crippen molar-refractivity contribution in [2.75, 3.05) is 4.90 Å². The number of hydrogen-bond donors (Lipinski definition) is 0. The fourth-order valence-corrected chi connectivity index (χ4v) is 9.12. The Hall–Kier alpha value is -6.64. The predicted octanol–water partition coefficient (Wildman–Crippen LogP) is 15.4. The Bertz CT molecular complexity index is 2900. The van der Waals surface area contributed by atoms with E-state index in [0.717, 1.165) is 23.5 Å². The van der Waals surface area contributed by atoms with Gasteiger partial charge in [-0.1, -0.05) is 149 Å². The molecule has 0 spiro atoms. The van der Waals surface area contributed by atoms with Crippen LogP contribution in [0.15, 0.2) is 188 Å². The Balaban J connectivity index is 1.06. The van der Waals surface area contributed by atoms with Gasteiger partial charge in [0.15, 0.2) is 0 Å². The van der Waals surface area contributed by atoms with Crippen LogP contribution in [-0.2, 0) is 5.41 Å². The molecule has 1 heterocycles. The Kier molecular flexibility index (Phi) is 8.45. The van der Waals surface area contributed by atoms with Gasteiger partial charge in [0.25, 0.3) is 0 Å². The predicted molar refractivity (Wildman–Crippen MR) is 243 cm³/mol. The summed E-state index contributed by atoms with van der Waals surface area (Å²) in [5.41, 5.74) is 18.7. The molecular formula is C55H46N2. The lowest BCUT2D eigenvalue weighted by Gasteiger charge is -2.28. The summed E-state index contributed by atoms with van der Waals surface area (Å²) in [6, 6.07) is 69.3. The standard InChI is InChI=1S/C55H46N2/c1-5-37(2)41-24-31-47-48-32-30-46(36-52(48)55(3,4)51(47)35-41)56(44-26-20-39(21-27-44)38-14-8-6-9-15-38)45-28-22-40(23-29-45)42-25-33-54-50(34-42)49-18-12-13-19-53(49)57(54)43-16-10-7-11-17-43/h6-37H,5H2,1-4H3. The topological polar surface area (TPSA) is 8.17 Å². The zero-order chi connectivity index (χ0) is 38.7. The lowest BCUT2D eigenvalue weighted by atomic mass is 9.81. The third-order valence-electron chi connectivity index (χ3n) is 12.5. The Morgan fingerprint density at radius 1 is 0.474 bits per heavy atom. The maximum atomic E-state index is 2.47. The third-order valence-corrected chi connectivity index (χ3v) is 12.5. The van der Waals surface area contributed by atoms with Crippen LogP contribution in [0.3, 0.4) is 0 Å². The number of hydrogen-bond acceptors (Lipinski definition) is 1. The van der Waals surface area contributed by atoms with Crippen molar-refractivity contribution in [1.29, 1.82) is 0 Å². The molecule has 1 aliphatic carbocycles. The zero-order valence-corrected chi connectivity index (χ0v) is 33.1. The number of para-hydroxylation sites is 2. The van der Waals surface area contributed by atoms with Crippen molar-refractivity contribution in [3.63, 3.8) is 0 Å². The van der Waals surface area contributed by atoms with Gasteiger partial charge in [0, 0.05) is 38.9 Å². The number of aromatic nitrogens is 1. The van der Waals surface area contributed by atoms with E-state index in [2.05, 4.69) is 225 Å². The van der Waals surface area contributed by atoms with Gasteiger partial charge in [0.05, 0.1) is 11.0 Å². The van der Waals surface area contributed by atoms with E-state index in [0.29, 0.717) is 5.92 Å². The monoisotopic (exact) mass is 734 g/mol. The van der Waals surface area contributed by atoms with E-state index in [4.69, 9.17) is 0 Å². The van der Waals surface area contributed by atoms with Crippen molar-refractivity contribution < 1.29 is 0 Å². The van der Waals surface area contributed by atoms with Crippen LogP contribution < -0.4 is 4.90 Å². The van der Waals surface area contributed by atoms with Gasteiger partial charge in [0.2, 0.25) is 0 Å². The number of benzene rings is 8. The Morgan fingerprint density at radius 2 is 1.00 bits per heavy atom. The van der Waals surface area contributed by atoms with Crippen LogP contribution in [0.2, 0.25) is 0 Å². The molecule has 57 heavy (non-hydrogen) atoms. The highest BCUT2D eigenvalue weighted by molar-refractivity contribution is 6.10. The second kappa shape index (κ2) is 13.8. The van der Waals surface area contributed by atoms with Gasteiger partial charge in [-0.3, -0.25) is 0 Å². The molecule has 0 saturated heterocycles. The van der Waals surface area contributed by atoms with Crippen molar-refractivity contribution in [3.8, 4) is 39.1 Å². The minimum atomic E-state index is -0.112. The third kappa shape index (κ3) is 5.87. The van der Waals surface area contributed by atoms with Crippen LogP contribution in [0.1, 0.15) is 56.7 Å². The van der Waals surface area contributed by atoms with E-state index in [9.17, 15) is 0 Å². The summed E-state index contributed by atoms with van der Waals surface area (Å²) >= 11 is 0. The molecule has 0 aliphatic heterocycles. The molecule has 8 aromatic carbocycles. The average Bonchev–Trinajstić information content (AvgIpc) is 3.72. The van der Waals surface area contributed by atoms with E-state index in [-0.39, 0.29) is 5.41 Å². The molecular weight excluding hydrogens is 689 g/mol. The first-order valence-electron chi connectivity index (χ1n) is 20.3. The molecule has 2 heteroatoms. The largest absolute Gasteiger partial charge is 0.310 e. The van der Waals surface area contributed by atoms with Crippen molar-refractivity contribution in [1.82, 2.24) is 4.57 Å². The molecule has 9 aromatic rings. The van der Waals surface area contributed by atoms with Crippen molar-refractivity contribution in [2.45, 2.75) is 45.4 Å². The van der Waals surface area contributed by atoms with E-state index in [1.807, 2.05) is 0 Å². The second-order valence-electron chi connectivity index (χ2n) is 16.2. The van der Waals surface area contributed by atoms with Gasteiger partial charge in [-0.2, -0.15) is 0 Å². The first-order chi connectivity index (χ1) is 27.9. The van der Waals surface area contributed by atoms with Gasteiger partial charge in [0.1, 0.15) is 0 Å². The summed E-state index contributed by atoms with van der Waals surface area (Å²) in [7, 11) is 0. The van der Waals surface area contributed by atoms with E-state index in [1.54, 1.807) is 0 Å². The SMILES string of the molecule is CCC(C)c1ccc2c(c1)C(C)(C)c1cc(N(c3ccc(-c4ccccc4)cc3)c3ccc(-c4ccc5c(c4)c4ccccc4n5-c4ccccc4)cc3)ccc1-2. The first kappa shape index (κ1) is 34.8. The normalized spacial score (nSPS) is 13.4. The van der Waals surface area contributed by atoms with Gasteiger partial charge >= 0.3 is 0 Å². The minimum Gasteiger partial charge on any atom is -0.310 e. The molecule has 276 valence electrons. The molecule has 1 atom stereocenters. The number of rotatable bonds is 8. The smallest absolute Gasteiger partial charge is 0.0541 e. The zero-order valence-electron chi connectivity index (χ0n) is 33.1. The molecule has 0 N–H and O–H groups in total. The molecule has 0 radical (unpaired) electrons. The lowest BCUT2D eigenvalue weighted by Crippen LogP contribution is -2.17. The van der Waals surface area contributed by atoms with Crippen LogP contribution in [0, 0.1) is 0 Å². The highest BCUT2D eigenvalue weighted by atomic mass is 15.1. The van der Waals surface area contributed by atoms with Gasteiger partial charge < -0.3 is 9.47 Å². The van der Waals surface area contributed by atoms with Gasteiger partial charge in [-0.05, 0) is 129 Å². The summed E-state index contributed by atoms with van der Waals surface area (Å²) in [6.07, 6.45) is 1.14. The second-order valence-corrected chi connectivity index (χ2v) is 16.2. The van der Waals surface area contributed by atoms with E-state index < -0.39 is 0 Å². The summed E-state index contributed by atoms with van der Waals surface area (Å²) < 4.78 is 2.37. The number of nitrogens with zero attached hydrogens (tertiary/aromatic N) is 2. The fourth-order valence-electron chi connectivity index (χ4n) is 9.12. The van der Waals surface area contributed by atoms with Crippen LogP contribution in [-0.4, -0.2) is 4.57 Å². The molecule has 0 fully saturated rings. The molecule has 0 saturated carbocycles. The Morgan fingerprint density at radius 3 is 1.68 bits per heavy atom. The van der Waals surface area contributed by atoms with Crippen molar-refractivity contribution >= 4 is 38.9 Å². The number of anilines is 3. The molecule has 2 nitrogen and oxygen atoms in total. The van der Waals surface area contributed by atoms with E-state index in [1.165, 1.54) is 77.6 Å². The van der Waals surface area contributed by atoms with Gasteiger partial charge in [-0.15, -0.1) is 0 Å². The molecule has 0 amide bonds. The molecule has 1 aliphatic rings. The highest BCUT2D eigenvalue weighted by Gasteiger charge is 2.36. The highest BCUT2D eigenvalue weighted by Crippen LogP contribution is 2.51. The summed E-state index contributed by atoms with van der Waals surface area (Å²) in [4.78, 5) is 2.42. The lowest BCUT2D eigenvalue weighted by molar-refractivity contribution is 0.655. The molecule has 10 rings (SSSR count). The number of fused-ring (bicyclic) bond motifs is 6. The Labute approximate surface area is 336 Å². The van der Waals surface area contributed by atoms with Crippen LogP contribution in [0.4, 0.5) is 17.1 Å². The van der Waals surface area contributed by atoms with Gasteiger partial charge in [-0.25, -0.2) is 0 Å². The summed E-state index contributed by atoms with van der Waals surface area (Å²) in [5.74, 6) is 0.541. The molecule has 1 aromatic heterocycles. The van der Waals surface area contributed by atoms with Crippen molar-refractivity contribution in [2.24, 2.45) is 0 Å². The maximum Gasteiger partial charge on any atom is 0.0541 e. The summed E-state index contributed by atoms with van der Waals surface area (Å²) in [5, 5.41) is 2.52. The quantitative estimate of drug-likeness (QED) is 0.151. The minimum absolute atomic E-state index is 0.112.